The second kappa shape index (κ2) is 5.15. The number of rotatable bonds is 2. The molecular weight excluding hydrogens is 236 g/mol. The molecule has 0 aliphatic heterocycles. The summed E-state index contributed by atoms with van der Waals surface area (Å²) in [5.41, 5.74) is 2.77. The highest BCUT2D eigenvalue weighted by Gasteiger charge is 2.49. The molecule has 1 saturated carbocycles. The standard InChI is InChI=1S/C17H26O2/c1-11(2)14-8-15-7-6-12(3)10-17(15,5)16(9-14)19-13(4)18/h6,14-16H,1,7-10H2,2-5H3. The largest absolute Gasteiger partial charge is 0.462 e. The highest BCUT2D eigenvalue weighted by molar-refractivity contribution is 5.66. The first-order valence-corrected chi connectivity index (χ1v) is 7.31. The number of ether oxygens (including phenoxy) is 1. The highest BCUT2D eigenvalue weighted by atomic mass is 16.5. The molecule has 2 rings (SSSR count). The van der Waals surface area contributed by atoms with Crippen LogP contribution in [0.15, 0.2) is 23.8 Å². The molecule has 0 spiro atoms. The van der Waals surface area contributed by atoms with E-state index in [1.54, 1.807) is 0 Å². The topological polar surface area (TPSA) is 26.3 Å². The summed E-state index contributed by atoms with van der Waals surface area (Å²) in [7, 11) is 0. The van der Waals surface area contributed by atoms with Gasteiger partial charge in [-0.25, -0.2) is 0 Å². The highest BCUT2D eigenvalue weighted by Crippen LogP contribution is 2.53. The van der Waals surface area contributed by atoms with Gasteiger partial charge >= 0.3 is 5.97 Å². The van der Waals surface area contributed by atoms with Crippen molar-refractivity contribution in [2.24, 2.45) is 17.3 Å². The normalized spacial score (nSPS) is 38.1. The van der Waals surface area contributed by atoms with E-state index < -0.39 is 0 Å². The van der Waals surface area contributed by atoms with Crippen molar-refractivity contribution in [3.63, 3.8) is 0 Å². The van der Waals surface area contributed by atoms with Gasteiger partial charge in [0, 0.05) is 12.3 Å². The smallest absolute Gasteiger partial charge is 0.302 e. The summed E-state index contributed by atoms with van der Waals surface area (Å²) in [4.78, 5) is 11.4. The Hall–Kier alpha value is -1.05. The van der Waals surface area contributed by atoms with Crippen LogP contribution in [-0.2, 0) is 9.53 Å². The minimum atomic E-state index is -0.153. The number of carbonyl (C=O) groups excluding carboxylic acids is 1. The Labute approximate surface area is 116 Å². The molecule has 2 aliphatic carbocycles. The third kappa shape index (κ3) is 2.77. The van der Waals surface area contributed by atoms with E-state index in [-0.39, 0.29) is 17.5 Å². The van der Waals surface area contributed by atoms with Gasteiger partial charge in [0.1, 0.15) is 6.10 Å². The molecule has 0 heterocycles. The van der Waals surface area contributed by atoms with E-state index in [0.717, 1.165) is 19.3 Å². The molecule has 0 aromatic rings. The van der Waals surface area contributed by atoms with Gasteiger partial charge in [0.15, 0.2) is 0 Å². The zero-order chi connectivity index (χ0) is 14.2. The molecule has 0 amide bonds. The quantitative estimate of drug-likeness (QED) is 0.549. The van der Waals surface area contributed by atoms with Gasteiger partial charge < -0.3 is 4.74 Å². The summed E-state index contributed by atoms with van der Waals surface area (Å²) >= 11 is 0. The first kappa shape index (κ1) is 14.4. The number of carbonyl (C=O) groups is 1. The molecule has 0 aromatic heterocycles. The number of allylic oxidation sites excluding steroid dienone is 3. The van der Waals surface area contributed by atoms with Crippen molar-refractivity contribution in [2.75, 3.05) is 0 Å². The van der Waals surface area contributed by atoms with E-state index >= 15 is 0 Å². The first-order valence-electron chi connectivity index (χ1n) is 7.31. The second-order valence-electron chi connectivity index (χ2n) is 6.78. The van der Waals surface area contributed by atoms with Crippen LogP contribution in [0.1, 0.15) is 53.4 Å². The molecule has 0 saturated heterocycles. The average Bonchev–Trinajstić information content (AvgIpc) is 2.28. The fraction of sp³-hybridized carbons (Fsp3) is 0.706. The third-order valence-corrected chi connectivity index (χ3v) is 5.15. The molecule has 0 N–H and O–H groups in total. The van der Waals surface area contributed by atoms with Gasteiger partial charge in [0.2, 0.25) is 0 Å². The van der Waals surface area contributed by atoms with Gasteiger partial charge in [0.05, 0.1) is 0 Å². The zero-order valence-electron chi connectivity index (χ0n) is 12.7. The molecule has 4 atom stereocenters. The van der Waals surface area contributed by atoms with Crippen molar-refractivity contribution in [3.05, 3.63) is 23.8 Å². The van der Waals surface area contributed by atoms with Crippen LogP contribution in [0.5, 0.6) is 0 Å². The zero-order valence-corrected chi connectivity index (χ0v) is 12.7. The fourth-order valence-electron chi connectivity index (χ4n) is 3.92. The summed E-state index contributed by atoms with van der Waals surface area (Å²) in [6, 6.07) is 0. The minimum absolute atomic E-state index is 0.0362. The van der Waals surface area contributed by atoms with Crippen LogP contribution in [-0.4, -0.2) is 12.1 Å². The van der Waals surface area contributed by atoms with Crippen molar-refractivity contribution in [1.29, 1.82) is 0 Å². The maximum atomic E-state index is 11.4. The van der Waals surface area contributed by atoms with Gasteiger partial charge in [-0.1, -0.05) is 30.7 Å². The van der Waals surface area contributed by atoms with Gasteiger partial charge in [-0.15, -0.1) is 0 Å². The number of hydrogen-bond donors (Lipinski definition) is 0. The van der Waals surface area contributed by atoms with E-state index in [1.165, 1.54) is 24.5 Å². The van der Waals surface area contributed by atoms with Gasteiger partial charge in [-0.3, -0.25) is 4.79 Å². The van der Waals surface area contributed by atoms with E-state index in [2.05, 4.69) is 33.4 Å². The Morgan fingerprint density at radius 1 is 1.42 bits per heavy atom. The van der Waals surface area contributed by atoms with Gasteiger partial charge in [-0.2, -0.15) is 0 Å². The number of fused-ring (bicyclic) bond motifs is 1. The van der Waals surface area contributed by atoms with Crippen molar-refractivity contribution in [3.8, 4) is 0 Å². The number of hydrogen-bond acceptors (Lipinski definition) is 2. The number of esters is 1. The molecule has 19 heavy (non-hydrogen) atoms. The lowest BCUT2D eigenvalue weighted by Crippen LogP contribution is -2.48. The maximum Gasteiger partial charge on any atom is 0.302 e. The average molecular weight is 262 g/mol. The lowest BCUT2D eigenvalue weighted by atomic mass is 9.56. The summed E-state index contributed by atoms with van der Waals surface area (Å²) in [6.45, 7) is 12.2. The molecule has 0 aromatic carbocycles. The molecule has 4 unspecified atom stereocenters. The van der Waals surface area contributed by atoms with Crippen LogP contribution in [0.2, 0.25) is 0 Å². The lowest BCUT2D eigenvalue weighted by Gasteiger charge is -2.51. The van der Waals surface area contributed by atoms with E-state index in [9.17, 15) is 4.79 Å². The van der Waals surface area contributed by atoms with Crippen LogP contribution in [0.4, 0.5) is 0 Å². The van der Waals surface area contributed by atoms with Crippen LogP contribution in [0.3, 0.4) is 0 Å². The predicted octanol–water partition coefficient (Wildman–Crippen LogP) is 4.27. The fourth-order valence-corrected chi connectivity index (χ4v) is 3.92. The molecule has 106 valence electrons. The van der Waals surface area contributed by atoms with Crippen molar-refractivity contribution < 1.29 is 9.53 Å². The van der Waals surface area contributed by atoms with Crippen molar-refractivity contribution in [2.45, 2.75) is 59.5 Å². The summed E-state index contributed by atoms with van der Waals surface area (Å²) < 4.78 is 5.69. The summed E-state index contributed by atoms with van der Waals surface area (Å²) in [6.07, 6.45) is 6.69. The van der Waals surface area contributed by atoms with Gasteiger partial charge in [0.25, 0.3) is 0 Å². The summed E-state index contributed by atoms with van der Waals surface area (Å²) in [5, 5.41) is 0. The van der Waals surface area contributed by atoms with Gasteiger partial charge in [-0.05, 0) is 51.4 Å². The lowest BCUT2D eigenvalue weighted by molar-refractivity contribution is -0.162. The molecule has 0 radical (unpaired) electrons. The Bertz CT molecular complexity index is 421. The Balaban J connectivity index is 2.28. The second-order valence-corrected chi connectivity index (χ2v) is 6.78. The summed E-state index contributed by atoms with van der Waals surface area (Å²) in [5.74, 6) is 0.949. The molecular formula is C17H26O2. The molecule has 2 aliphatic rings. The molecule has 1 fully saturated rings. The van der Waals surface area contributed by atoms with Crippen LogP contribution < -0.4 is 0 Å². The monoisotopic (exact) mass is 262 g/mol. The molecule has 2 heteroatoms. The Morgan fingerprint density at radius 3 is 2.68 bits per heavy atom. The maximum absolute atomic E-state index is 11.4. The van der Waals surface area contributed by atoms with Crippen LogP contribution in [0.25, 0.3) is 0 Å². The van der Waals surface area contributed by atoms with E-state index in [1.807, 2.05) is 0 Å². The van der Waals surface area contributed by atoms with Crippen LogP contribution >= 0.6 is 0 Å². The van der Waals surface area contributed by atoms with Crippen molar-refractivity contribution >= 4 is 5.97 Å². The predicted molar refractivity (Wildman–Crippen MR) is 77.7 cm³/mol. The van der Waals surface area contributed by atoms with Crippen molar-refractivity contribution in [1.82, 2.24) is 0 Å². The van der Waals surface area contributed by atoms with Crippen LogP contribution in [0, 0.1) is 17.3 Å². The third-order valence-electron chi connectivity index (χ3n) is 5.15. The SMILES string of the molecule is C=C(C)C1CC2CC=C(C)CC2(C)C(OC(C)=O)C1. The van der Waals surface area contributed by atoms with E-state index in [0.29, 0.717) is 11.8 Å². The van der Waals surface area contributed by atoms with E-state index in [4.69, 9.17) is 4.74 Å². The Morgan fingerprint density at radius 2 is 2.11 bits per heavy atom. The molecule has 0 bridgehead atoms. The molecule has 2 nitrogen and oxygen atoms in total. The minimum Gasteiger partial charge on any atom is -0.462 e. The Kier molecular flexibility index (Phi) is 3.89. The first-order chi connectivity index (χ1) is 8.83.